The lowest BCUT2D eigenvalue weighted by Crippen LogP contribution is -2.41. The summed E-state index contributed by atoms with van der Waals surface area (Å²) in [6, 6.07) is 15.5. The first-order chi connectivity index (χ1) is 14.1. The Kier molecular flexibility index (Phi) is 5.53. The lowest BCUT2D eigenvalue weighted by molar-refractivity contribution is -0.138. The zero-order chi connectivity index (χ0) is 20.2. The van der Waals surface area contributed by atoms with Crippen molar-refractivity contribution in [3.63, 3.8) is 0 Å². The number of carbonyl (C=O) groups is 1. The largest absolute Gasteiger partial charge is 0.481 e. The van der Waals surface area contributed by atoms with Crippen LogP contribution in [0.5, 0.6) is 5.75 Å². The van der Waals surface area contributed by atoms with E-state index in [-0.39, 0.29) is 12.0 Å². The molecule has 0 bridgehead atoms. The van der Waals surface area contributed by atoms with Gasteiger partial charge in [0.05, 0.1) is 18.8 Å². The molecule has 0 unspecified atom stereocenters. The van der Waals surface area contributed by atoms with Crippen molar-refractivity contribution in [3.8, 4) is 11.4 Å². The van der Waals surface area contributed by atoms with Crippen molar-refractivity contribution in [3.05, 3.63) is 66.0 Å². The Bertz CT molecular complexity index is 959. The molecule has 8 heteroatoms. The van der Waals surface area contributed by atoms with Crippen LogP contribution in [-0.2, 0) is 16.0 Å². The molecule has 0 fully saturated rings. The maximum Gasteiger partial charge on any atom is 0.263 e. The van der Waals surface area contributed by atoms with E-state index in [2.05, 4.69) is 27.7 Å². The van der Waals surface area contributed by atoms with Crippen molar-refractivity contribution < 1.29 is 14.3 Å². The minimum atomic E-state index is -0.613. The Morgan fingerprint density at radius 3 is 2.83 bits per heavy atom. The normalized spacial score (nSPS) is 16.7. The molecule has 29 heavy (non-hydrogen) atoms. The van der Waals surface area contributed by atoms with Gasteiger partial charge in [0.2, 0.25) is 0 Å². The average molecular weight is 393 g/mol. The number of hydrogen-bond donors (Lipinski definition) is 0. The summed E-state index contributed by atoms with van der Waals surface area (Å²) in [5.74, 6) is 0.511. The van der Waals surface area contributed by atoms with E-state index in [0.29, 0.717) is 18.9 Å². The standard InChI is InChI=1S/C21H23N5O3/c1-15(29-18-9-7-17(8-10-18)26-14-22-23-24-26)21(27)25(2)13-20-19-6-4-3-5-16(19)11-12-28-20/h3-10,14-15,20H,11-13H2,1-2H3/t15-,20+/m1/s1. The van der Waals surface area contributed by atoms with Crippen LogP contribution in [0.2, 0.25) is 0 Å². The van der Waals surface area contributed by atoms with E-state index in [1.807, 2.05) is 24.3 Å². The van der Waals surface area contributed by atoms with E-state index in [0.717, 1.165) is 17.7 Å². The van der Waals surface area contributed by atoms with Gasteiger partial charge >= 0.3 is 0 Å². The number of rotatable bonds is 6. The van der Waals surface area contributed by atoms with Crippen LogP contribution >= 0.6 is 0 Å². The third kappa shape index (κ3) is 4.27. The Labute approximate surface area is 169 Å². The highest BCUT2D eigenvalue weighted by Gasteiger charge is 2.26. The van der Waals surface area contributed by atoms with Crippen LogP contribution in [0.4, 0.5) is 0 Å². The highest BCUT2D eigenvalue weighted by atomic mass is 16.5. The molecule has 0 aliphatic carbocycles. The lowest BCUT2D eigenvalue weighted by atomic mass is 9.97. The number of benzene rings is 2. The fourth-order valence-electron chi connectivity index (χ4n) is 3.49. The molecule has 0 saturated carbocycles. The molecule has 2 aromatic carbocycles. The van der Waals surface area contributed by atoms with Gasteiger partial charge in [0.1, 0.15) is 18.2 Å². The number of amides is 1. The predicted molar refractivity (Wildman–Crippen MR) is 106 cm³/mol. The summed E-state index contributed by atoms with van der Waals surface area (Å²) in [6.07, 6.45) is 1.70. The first-order valence-corrected chi connectivity index (χ1v) is 9.56. The number of fused-ring (bicyclic) bond motifs is 1. The van der Waals surface area contributed by atoms with Crippen molar-refractivity contribution in [1.29, 1.82) is 0 Å². The fraction of sp³-hybridized carbons (Fsp3) is 0.333. The second kappa shape index (κ2) is 8.40. The maximum absolute atomic E-state index is 12.8. The maximum atomic E-state index is 12.8. The van der Waals surface area contributed by atoms with Crippen LogP contribution in [0.15, 0.2) is 54.9 Å². The van der Waals surface area contributed by atoms with Gasteiger partial charge in [-0.05, 0) is 59.2 Å². The minimum absolute atomic E-state index is 0.0961. The summed E-state index contributed by atoms with van der Waals surface area (Å²) in [5.41, 5.74) is 3.26. The van der Waals surface area contributed by atoms with Gasteiger partial charge in [0, 0.05) is 7.05 Å². The molecule has 4 rings (SSSR count). The summed E-state index contributed by atoms with van der Waals surface area (Å²) >= 11 is 0. The molecular weight excluding hydrogens is 370 g/mol. The number of hydrogen-bond acceptors (Lipinski definition) is 6. The Hall–Kier alpha value is -3.26. The van der Waals surface area contributed by atoms with Gasteiger partial charge in [0.15, 0.2) is 6.10 Å². The molecule has 150 valence electrons. The van der Waals surface area contributed by atoms with E-state index in [4.69, 9.17) is 9.47 Å². The number of likely N-dealkylation sites (N-methyl/N-ethyl adjacent to an activating group) is 1. The van der Waals surface area contributed by atoms with E-state index in [1.165, 1.54) is 11.9 Å². The third-order valence-electron chi connectivity index (χ3n) is 5.02. The van der Waals surface area contributed by atoms with Gasteiger partial charge < -0.3 is 14.4 Å². The predicted octanol–water partition coefficient (Wildman–Crippen LogP) is 2.20. The van der Waals surface area contributed by atoms with Crippen LogP contribution in [0.3, 0.4) is 0 Å². The van der Waals surface area contributed by atoms with Gasteiger partial charge in [0.25, 0.3) is 5.91 Å². The van der Waals surface area contributed by atoms with Crippen molar-refractivity contribution in [2.45, 2.75) is 25.6 Å². The summed E-state index contributed by atoms with van der Waals surface area (Å²) in [4.78, 5) is 14.5. The van der Waals surface area contributed by atoms with E-state index in [1.54, 1.807) is 35.7 Å². The number of carbonyl (C=O) groups excluding carboxylic acids is 1. The molecule has 1 aliphatic rings. The number of tetrazole rings is 1. The summed E-state index contributed by atoms with van der Waals surface area (Å²) in [7, 11) is 1.78. The first-order valence-electron chi connectivity index (χ1n) is 9.56. The molecule has 1 amide bonds. The molecular formula is C21H23N5O3. The van der Waals surface area contributed by atoms with Crippen LogP contribution in [0.25, 0.3) is 5.69 Å². The molecule has 0 radical (unpaired) electrons. The third-order valence-corrected chi connectivity index (χ3v) is 5.02. The van der Waals surface area contributed by atoms with Gasteiger partial charge in [-0.3, -0.25) is 4.79 Å². The number of aromatic nitrogens is 4. The molecule has 2 atom stereocenters. The highest BCUT2D eigenvalue weighted by Crippen LogP contribution is 2.27. The second-order valence-corrected chi connectivity index (χ2v) is 7.04. The smallest absolute Gasteiger partial charge is 0.263 e. The summed E-state index contributed by atoms with van der Waals surface area (Å²) in [6.45, 7) is 2.91. The van der Waals surface area contributed by atoms with Gasteiger partial charge in [-0.15, -0.1) is 5.10 Å². The molecule has 0 spiro atoms. The fourth-order valence-corrected chi connectivity index (χ4v) is 3.49. The van der Waals surface area contributed by atoms with Crippen molar-refractivity contribution in [1.82, 2.24) is 25.1 Å². The molecule has 3 aromatic rings. The molecule has 1 aromatic heterocycles. The van der Waals surface area contributed by atoms with Crippen LogP contribution in [0, 0.1) is 0 Å². The van der Waals surface area contributed by atoms with Gasteiger partial charge in [-0.25, -0.2) is 4.68 Å². The SMILES string of the molecule is C[C@@H](Oc1ccc(-n2cnnn2)cc1)C(=O)N(C)C[C@@H]1OCCc2ccccc21. The monoisotopic (exact) mass is 393 g/mol. The number of nitrogens with zero attached hydrogens (tertiary/aromatic N) is 5. The zero-order valence-corrected chi connectivity index (χ0v) is 16.4. The van der Waals surface area contributed by atoms with Crippen molar-refractivity contribution in [2.24, 2.45) is 0 Å². The van der Waals surface area contributed by atoms with Crippen LogP contribution < -0.4 is 4.74 Å². The van der Waals surface area contributed by atoms with E-state index >= 15 is 0 Å². The summed E-state index contributed by atoms with van der Waals surface area (Å²) < 4.78 is 13.3. The highest BCUT2D eigenvalue weighted by molar-refractivity contribution is 5.80. The molecule has 0 N–H and O–H groups in total. The average Bonchev–Trinajstić information content (AvgIpc) is 3.29. The Morgan fingerprint density at radius 2 is 2.07 bits per heavy atom. The summed E-state index contributed by atoms with van der Waals surface area (Å²) in [5, 5.41) is 11.1. The topological polar surface area (TPSA) is 82.4 Å². The van der Waals surface area contributed by atoms with Gasteiger partial charge in [-0.1, -0.05) is 24.3 Å². The molecule has 0 saturated heterocycles. The first kappa shape index (κ1) is 19.1. The van der Waals surface area contributed by atoms with Crippen LogP contribution in [0.1, 0.15) is 24.2 Å². The van der Waals surface area contributed by atoms with E-state index in [9.17, 15) is 4.79 Å². The second-order valence-electron chi connectivity index (χ2n) is 7.04. The lowest BCUT2D eigenvalue weighted by Gasteiger charge is -2.30. The van der Waals surface area contributed by atoms with E-state index < -0.39 is 6.10 Å². The Morgan fingerprint density at radius 1 is 1.28 bits per heavy atom. The molecule has 1 aliphatic heterocycles. The van der Waals surface area contributed by atoms with Crippen molar-refractivity contribution >= 4 is 5.91 Å². The van der Waals surface area contributed by atoms with Crippen LogP contribution in [-0.4, -0.2) is 57.3 Å². The minimum Gasteiger partial charge on any atom is -0.481 e. The molecule has 2 heterocycles. The Balaban J connectivity index is 1.36. The molecule has 8 nitrogen and oxygen atoms in total. The number of ether oxygens (including phenoxy) is 2. The quantitative estimate of drug-likeness (QED) is 0.639. The van der Waals surface area contributed by atoms with Crippen molar-refractivity contribution in [2.75, 3.05) is 20.2 Å². The van der Waals surface area contributed by atoms with Gasteiger partial charge in [-0.2, -0.15) is 0 Å². The zero-order valence-electron chi connectivity index (χ0n) is 16.4.